The lowest BCUT2D eigenvalue weighted by molar-refractivity contribution is -0.141. The number of nitrogens with one attached hydrogen (secondary N) is 1. The summed E-state index contributed by atoms with van der Waals surface area (Å²) in [6.07, 6.45) is 11.4. The van der Waals surface area contributed by atoms with E-state index in [1.54, 1.807) is 11.8 Å². The Labute approximate surface area is 218 Å². The van der Waals surface area contributed by atoms with Crippen molar-refractivity contribution in [3.63, 3.8) is 0 Å². The number of anilines is 1. The SMILES string of the molecule is COC(=O)C[C@@H]1CCN(c2ccc(C(=O)NC3CC[C@]4(O)CC3=CC(C)C4)c(SC3CCCC3)n2)C1. The van der Waals surface area contributed by atoms with Gasteiger partial charge in [-0.1, -0.05) is 25.8 Å². The van der Waals surface area contributed by atoms with Crippen LogP contribution < -0.4 is 10.2 Å². The number of nitrogens with zero attached hydrogens (tertiary/aromatic N) is 2. The molecule has 2 saturated carbocycles. The Morgan fingerprint density at radius 1 is 1.25 bits per heavy atom. The number of esters is 1. The Morgan fingerprint density at radius 3 is 2.83 bits per heavy atom. The molecule has 2 heterocycles. The molecule has 4 aliphatic rings. The van der Waals surface area contributed by atoms with Crippen LogP contribution in [-0.4, -0.2) is 59.1 Å². The van der Waals surface area contributed by atoms with E-state index in [0.717, 1.165) is 62.5 Å². The second-order valence-electron chi connectivity index (χ2n) is 11.3. The van der Waals surface area contributed by atoms with E-state index in [1.807, 2.05) is 12.1 Å². The molecule has 5 rings (SSSR count). The summed E-state index contributed by atoms with van der Waals surface area (Å²) in [5.74, 6) is 1.24. The van der Waals surface area contributed by atoms with Crippen LogP contribution in [0.3, 0.4) is 0 Å². The highest BCUT2D eigenvalue weighted by atomic mass is 32.2. The van der Waals surface area contributed by atoms with Crippen molar-refractivity contribution in [1.29, 1.82) is 0 Å². The van der Waals surface area contributed by atoms with Gasteiger partial charge < -0.3 is 20.1 Å². The summed E-state index contributed by atoms with van der Waals surface area (Å²) in [6.45, 7) is 3.77. The quantitative estimate of drug-likeness (QED) is 0.410. The number of aromatic nitrogens is 1. The van der Waals surface area contributed by atoms with Gasteiger partial charge in [-0.05, 0) is 74.5 Å². The molecule has 1 aromatic rings. The number of methoxy groups -OCH3 is 1. The zero-order valence-corrected chi connectivity index (χ0v) is 22.3. The molecule has 0 aromatic carbocycles. The van der Waals surface area contributed by atoms with Gasteiger partial charge in [-0.3, -0.25) is 9.59 Å². The van der Waals surface area contributed by atoms with Crippen molar-refractivity contribution in [1.82, 2.24) is 10.3 Å². The third-order valence-corrected chi connectivity index (χ3v) is 9.69. The fourth-order valence-corrected chi connectivity index (χ4v) is 7.84. The molecular weight excluding hydrogens is 474 g/mol. The van der Waals surface area contributed by atoms with Gasteiger partial charge in [-0.2, -0.15) is 0 Å². The minimum atomic E-state index is -0.612. The molecule has 3 aliphatic carbocycles. The molecule has 196 valence electrons. The molecule has 2 N–H and O–H groups in total. The standard InChI is InChI=1S/C28H39N3O4S/c1-18-13-20-16-28(34,15-18)11-9-23(20)29-26(33)22-7-8-24(30-27(22)36-21-5-3-4-6-21)31-12-10-19(17-31)14-25(32)35-2/h7-8,13,18-19,21,23,34H,3-6,9-12,14-17H2,1-2H3,(H,29,33)/t18?,19-,23?,28+/m0/s1. The van der Waals surface area contributed by atoms with E-state index in [4.69, 9.17) is 9.72 Å². The van der Waals surface area contributed by atoms with E-state index in [0.29, 0.717) is 29.6 Å². The number of hydrogen-bond acceptors (Lipinski definition) is 7. The first-order valence-electron chi connectivity index (χ1n) is 13.6. The van der Waals surface area contributed by atoms with Crippen molar-refractivity contribution in [2.75, 3.05) is 25.1 Å². The number of thioether (sulfide) groups is 1. The van der Waals surface area contributed by atoms with Gasteiger partial charge in [-0.15, -0.1) is 11.8 Å². The van der Waals surface area contributed by atoms with Crippen LogP contribution in [-0.2, 0) is 9.53 Å². The summed E-state index contributed by atoms with van der Waals surface area (Å²) in [5, 5.41) is 15.5. The molecule has 0 radical (unpaired) electrons. The highest BCUT2D eigenvalue weighted by Gasteiger charge is 2.40. The lowest BCUT2D eigenvalue weighted by atomic mass is 9.69. The Morgan fingerprint density at radius 2 is 2.06 bits per heavy atom. The van der Waals surface area contributed by atoms with Gasteiger partial charge in [0.15, 0.2) is 0 Å². The van der Waals surface area contributed by atoms with Crippen LogP contribution in [0, 0.1) is 11.8 Å². The van der Waals surface area contributed by atoms with E-state index in [9.17, 15) is 14.7 Å². The minimum Gasteiger partial charge on any atom is -0.469 e. The van der Waals surface area contributed by atoms with E-state index in [-0.39, 0.29) is 23.8 Å². The van der Waals surface area contributed by atoms with Gasteiger partial charge in [0, 0.05) is 18.3 Å². The summed E-state index contributed by atoms with van der Waals surface area (Å²) < 4.78 is 4.85. The largest absolute Gasteiger partial charge is 0.469 e. The molecule has 1 aromatic heterocycles. The van der Waals surface area contributed by atoms with Crippen molar-refractivity contribution in [2.45, 2.75) is 93.1 Å². The van der Waals surface area contributed by atoms with Gasteiger partial charge in [0.2, 0.25) is 0 Å². The minimum absolute atomic E-state index is 0.0257. The second-order valence-corrected chi connectivity index (χ2v) is 12.6. The number of ether oxygens (including phenoxy) is 1. The molecule has 0 spiro atoms. The van der Waals surface area contributed by atoms with Crippen LogP contribution in [0.5, 0.6) is 0 Å². The van der Waals surface area contributed by atoms with Crippen molar-refractivity contribution >= 4 is 29.5 Å². The summed E-state index contributed by atoms with van der Waals surface area (Å²) in [4.78, 5) is 32.5. The highest BCUT2D eigenvalue weighted by Crippen LogP contribution is 2.42. The molecule has 2 unspecified atom stereocenters. The molecule has 1 aliphatic heterocycles. The first-order valence-corrected chi connectivity index (χ1v) is 14.4. The Hall–Kier alpha value is -2.06. The maximum Gasteiger partial charge on any atom is 0.305 e. The Balaban J connectivity index is 1.33. The first-order chi connectivity index (χ1) is 17.3. The molecule has 2 bridgehead atoms. The van der Waals surface area contributed by atoms with Gasteiger partial charge in [-0.25, -0.2) is 4.98 Å². The van der Waals surface area contributed by atoms with Gasteiger partial charge in [0.05, 0.1) is 30.7 Å². The van der Waals surface area contributed by atoms with Crippen LogP contribution in [0.2, 0.25) is 0 Å². The molecular formula is C28H39N3O4S. The predicted molar refractivity (Wildman–Crippen MR) is 141 cm³/mol. The van der Waals surface area contributed by atoms with Gasteiger partial charge in [0.1, 0.15) is 10.8 Å². The molecule has 1 amide bonds. The summed E-state index contributed by atoms with van der Waals surface area (Å²) >= 11 is 1.75. The van der Waals surface area contributed by atoms with Gasteiger partial charge >= 0.3 is 5.97 Å². The molecule has 7 nitrogen and oxygen atoms in total. The van der Waals surface area contributed by atoms with Crippen LogP contribution in [0.1, 0.15) is 81.5 Å². The number of fused-ring (bicyclic) bond motifs is 2. The average Bonchev–Trinajstić information content (AvgIpc) is 3.52. The molecule has 1 saturated heterocycles. The monoisotopic (exact) mass is 513 g/mol. The van der Waals surface area contributed by atoms with Crippen LogP contribution in [0.15, 0.2) is 28.8 Å². The predicted octanol–water partition coefficient (Wildman–Crippen LogP) is 4.49. The van der Waals surface area contributed by atoms with E-state index in [2.05, 4.69) is 23.2 Å². The Bertz CT molecular complexity index is 1020. The fraction of sp³-hybridized carbons (Fsp3) is 0.679. The van der Waals surface area contributed by atoms with E-state index in [1.165, 1.54) is 25.5 Å². The van der Waals surface area contributed by atoms with Crippen molar-refractivity contribution in [2.24, 2.45) is 11.8 Å². The molecule has 4 atom stereocenters. The highest BCUT2D eigenvalue weighted by molar-refractivity contribution is 7.99. The third-order valence-electron chi connectivity index (χ3n) is 8.35. The van der Waals surface area contributed by atoms with E-state index < -0.39 is 5.60 Å². The summed E-state index contributed by atoms with van der Waals surface area (Å²) in [5.41, 5.74) is 1.20. The lowest BCUT2D eigenvalue weighted by Crippen LogP contribution is -2.47. The number of rotatable bonds is 7. The van der Waals surface area contributed by atoms with Crippen molar-refractivity contribution in [3.05, 3.63) is 29.3 Å². The molecule has 8 heteroatoms. The maximum atomic E-state index is 13.5. The Kier molecular flexibility index (Phi) is 7.63. The van der Waals surface area contributed by atoms with Crippen molar-refractivity contribution < 1.29 is 19.4 Å². The third kappa shape index (κ3) is 5.75. The summed E-state index contributed by atoms with van der Waals surface area (Å²) in [6, 6.07) is 3.86. The van der Waals surface area contributed by atoms with Crippen LogP contribution >= 0.6 is 11.8 Å². The number of carbonyl (C=O) groups excluding carboxylic acids is 2. The maximum absolute atomic E-state index is 13.5. The zero-order chi connectivity index (χ0) is 25.3. The fourth-order valence-electron chi connectivity index (χ4n) is 6.52. The smallest absolute Gasteiger partial charge is 0.305 e. The number of carbonyl (C=O) groups is 2. The molecule has 36 heavy (non-hydrogen) atoms. The van der Waals surface area contributed by atoms with E-state index >= 15 is 0 Å². The topological polar surface area (TPSA) is 91.8 Å². The number of hydrogen-bond donors (Lipinski definition) is 2. The number of allylic oxidation sites excluding steroid dienone is 1. The number of aliphatic hydroxyl groups is 1. The zero-order valence-electron chi connectivity index (χ0n) is 21.5. The normalized spacial score (nSPS) is 30.2. The van der Waals surface area contributed by atoms with Crippen LogP contribution in [0.4, 0.5) is 5.82 Å². The van der Waals surface area contributed by atoms with Gasteiger partial charge in [0.25, 0.3) is 5.91 Å². The lowest BCUT2D eigenvalue weighted by Gasteiger charge is -2.43. The second kappa shape index (κ2) is 10.7. The number of amides is 1. The van der Waals surface area contributed by atoms with Crippen molar-refractivity contribution in [3.8, 4) is 0 Å². The average molecular weight is 514 g/mol. The summed E-state index contributed by atoms with van der Waals surface area (Å²) in [7, 11) is 1.44. The molecule has 3 fully saturated rings. The van der Waals surface area contributed by atoms with Crippen LogP contribution in [0.25, 0.3) is 0 Å². The number of pyridine rings is 1. The first kappa shape index (κ1) is 25.6.